The van der Waals surface area contributed by atoms with Crippen LogP contribution in [-0.2, 0) is 15.1 Å². The molecule has 1 aliphatic rings. The van der Waals surface area contributed by atoms with Crippen LogP contribution in [0.2, 0.25) is 0 Å². The molecule has 15 heavy (non-hydrogen) atoms. The first kappa shape index (κ1) is 10.4. The van der Waals surface area contributed by atoms with E-state index in [-0.39, 0.29) is 6.01 Å². The molecule has 1 unspecified atom stereocenters. The van der Waals surface area contributed by atoms with E-state index >= 15 is 0 Å². The van der Waals surface area contributed by atoms with Gasteiger partial charge >= 0.3 is 0 Å². The van der Waals surface area contributed by atoms with Crippen molar-refractivity contribution in [3.63, 3.8) is 0 Å². The summed E-state index contributed by atoms with van der Waals surface area (Å²) in [6.07, 6.45) is 4.69. The van der Waals surface area contributed by atoms with Crippen molar-refractivity contribution in [3.05, 3.63) is 12.0 Å². The van der Waals surface area contributed by atoms with Crippen LogP contribution < -0.4 is 5.73 Å². The van der Waals surface area contributed by atoms with Crippen LogP contribution in [0, 0.1) is 0 Å². The fourth-order valence-corrected chi connectivity index (χ4v) is 1.96. The normalized spacial score (nSPS) is 26.7. The lowest BCUT2D eigenvalue weighted by Gasteiger charge is -2.34. The fraction of sp³-hybridized carbons (Fsp3) is 0.700. The van der Waals surface area contributed by atoms with Crippen molar-refractivity contribution in [1.82, 2.24) is 4.98 Å². The number of aromatic nitrogens is 1. The van der Waals surface area contributed by atoms with Gasteiger partial charge in [0, 0.05) is 13.7 Å². The van der Waals surface area contributed by atoms with Crippen LogP contribution in [0.5, 0.6) is 0 Å². The molecular formula is C10H16N2O3. The van der Waals surface area contributed by atoms with E-state index in [1.54, 1.807) is 13.3 Å². The Hall–Kier alpha value is -1.07. The Morgan fingerprint density at radius 2 is 2.47 bits per heavy atom. The van der Waals surface area contributed by atoms with Gasteiger partial charge in [0.15, 0.2) is 11.4 Å². The zero-order valence-corrected chi connectivity index (χ0v) is 8.86. The summed E-state index contributed by atoms with van der Waals surface area (Å²) in [6, 6.07) is 0.176. The van der Waals surface area contributed by atoms with Gasteiger partial charge in [0.25, 0.3) is 6.01 Å². The first-order valence-corrected chi connectivity index (χ1v) is 5.11. The number of nitrogens with two attached hydrogens (primary N) is 1. The van der Waals surface area contributed by atoms with Crippen molar-refractivity contribution in [1.29, 1.82) is 0 Å². The van der Waals surface area contributed by atoms with Crippen LogP contribution >= 0.6 is 0 Å². The first-order valence-electron chi connectivity index (χ1n) is 5.11. The van der Waals surface area contributed by atoms with E-state index in [1.807, 2.05) is 0 Å². The van der Waals surface area contributed by atoms with Crippen LogP contribution in [0.1, 0.15) is 25.0 Å². The second-order valence-corrected chi connectivity index (χ2v) is 3.80. The van der Waals surface area contributed by atoms with Crippen molar-refractivity contribution in [2.75, 3.05) is 26.1 Å². The summed E-state index contributed by atoms with van der Waals surface area (Å²) in [4.78, 5) is 3.89. The summed E-state index contributed by atoms with van der Waals surface area (Å²) >= 11 is 0. The van der Waals surface area contributed by atoms with Crippen molar-refractivity contribution >= 4 is 6.01 Å². The highest BCUT2D eigenvalue weighted by Crippen LogP contribution is 2.36. The largest absolute Gasteiger partial charge is 0.426 e. The number of rotatable bonds is 3. The lowest BCUT2D eigenvalue weighted by molar-refractivity contribution is -0.132. The van der Waals surface area contributed by atoms with Gasteiger partial charge < -0.3 is 19.6 Å². The van der Waals surface area contributed by atoms with Crippen LogP contribution in [0.3, 0.4) is 0 Å². The fourth-order valence-electron chi connectivity index (χ4n) is 1.96. The number of nitrogen functional groups attached to an aromatic ring is 1. The third-order valence-electron chi connectivity index (χ3n) is 2.70. The number of hydrogen-bond acceptors (Lipinski definition) is 5. The van der Waals surface area contributed by atoms with Crippen molar-refractivity contribution in [3.8, 4) is 0 Å². The second-order valence-electron chi connectivity index (χ2n) is 3.80. The highest BCUT2D eigenvalue weighted by molar-refractivity contribution is 5.16. The van der Waals surface area contributed by atoms with Gasteiger partial charge in [-0.05, 0) is 19.3 Å². The molecule has 2 rings (SSSR count). The molecule has 0 bridgehead atoms. The Kier molecular flexibility index (Phi) is 2.93. The summed E-state index contributed by atoms with van der Waals surface area (Å²) in [7, 11) is 1.65. The van der Waals surface area contributed by atoms with Gasteiger partial charge in [-0.1, -0.05) is 0 Å². The average Bonchev–Trinajstić information content (AvgIpc) is 2.67. The van der Waals surface area contributed by atoms with Crippen molar-refractivity contribution in [2.24, 2.45) is 0 Å². The smallest absolute Gasteiger partial charge is 0.292 e. The minimum Gasteiger partial charge on any atom is -0.426 e. The van der Waals surface area contributed by atoms with E-state index in [9.17, 15) is 0 Å². The molecule has 1 fully saturated rings. The molecule has 1 atom stereocenters. The van der Waals surface area contributed by atoms with Crippen LogP contribution in [0.15, 0.2) is 10.6 Å². The molecule has 1 aromatic heterocycles. The van der Waals surface area contributed by atoms with Gasteiger partial charge in [-0.3, -0.25) is 0 Å². The highest BCUT2D eigenvalue weighted by atomic mass is 16.5. The predicted octanol–water partition coefficient (Wildman–Crippen LogP) is 1.30. The maximum atomic E-state index is 5.79. The minimum atomic E-state index is -0.488. The monoisotopic (exact) mass is 212 g/mol. The minimum absolute atomic E-state index is 0.176. The van der Waals surface area contributed by atoms with Gasteiger partial charge in [-0.2, -0.15) is 0 Å². The number of anilines is 1. The molecule has 0 amide bonds. The van der Waals surface area contributed by atoms with E-state index in [4.69, 9.17) is 19.6 Å². The molecule has 1 aromatic rings. The molecule has 2 heterocycles. The average molecular weight is 212 g/mol. The van der Waals surface area contributed by atoms with Crippen LogP contribution in [0.4, 0.5) is 6.01 Å². The molecule has 5 heteroatoms. The molecule has 5 nitrogen and oxygen atoms in total. The van der Waals surface area contributed by atoms with Gasteiger partial charge in [-0.15, -0.1) is 0 Å². The van der Waals surface area contributed by atoms with Crippen LogP contribution in [-0.4, -0.2) is 25.3 Å². The zero-order chi connectivity index (χ0) is 10.7. The standard InChI is InChI=1S/C10H16N2O3/c1-13-7-10(4-2-3-5-14-10)8-6-12-9(11)15-8/h6H,2-5,7H2,1H3,(H2,11,12). The third-order valence-corrected chi connectivity index (χ3v) is 2.70. The van der Waals surface area contributed by atoms with Crippen molar-refractivity contribution in [2.45, 2.75) is 24.9 Å². The summed E-state index contributed by atoms with van der Waals surface area (Å²) in [5.74, 6) is 0.668. The molecule has 0 aliphatic carbocycles. The number of hydrogen-bond donors (Lipinski definition) is 1. The van der Waals surface area contributed by atoms with E-state index in [1.165, 1.54) is 0 Å². The molecule has 2 N–H and O–H groups in total. The summed E-state index contributed by atoms with van der Waals surface area (Å²) in [6.45, 7) is 1.20. The number of nitrogens with zero attached hydrogens (tertiary/aromatic N) is 1. The van der Waals surface area contributed by atoms with E-state index in [2.05, 4.69) is 4.98 Å². The number of ether oxygens (including phenoxy) is 2. The second kappa shape index (κ2) is 4.20. The Bertz CT molecular complexity index is 313. The Morgan fingerprint density at radius 3 is 3.00 bits per heavy atom. The van der Waals surface area contributed by atoms with E-state index in [0.29, 0.717) is 12.4 Å². The van der Waals surface area contributed by atoms with Gasteiger partial charge in [-0.25, -0.2) is 4.98 Å². The summed E-state index contributed by atoms with van der Waals surface area (Å²) < 4.78 is 16.3. The quantitative estimate of drug-likeness (QED) is 0.817. The molecule has 1 aliphatic heterocycles. The number of oxazole rings is 1. The van der Waals surface area contributed by atoms with Gasteiger partial charge in [0.05, 0.1) is 12.8 Å². The molecule has 0 aromatic carbocycles. The van der Waals surface area contributed by atoms with Crippen LogP contribution in [0.25, 0.3) is 0 Å². The highest BCUT2D eigenvalue weighted by Gasteiger charge is 2.38. The van der Waals surface area contributed by atoms with Gasteiger partial charge in [0.1, 0.15) is 0 Å². The Morgan fingerprint density at radius 1 is 1.60 bits per heavy atom. The van der Waals surface area contributed by atoms with Crippen molar-refractivity contribution < 1.29 is 13.9 Å². The molecule has 84 valence electrons. The molecule has 0 radical (unpaired) electrons. The number of methoxy groups -OCH3 is 1. The maximum Gasteiger partial charge on any atom is 0.292 e. The van der Waals surface area contributed by atoms with E-state index in [0.717, 1.165) is 25.9 Å². The molecule has 0 spiro atoms. The SMILES string of the molecule is COCC1(c2cnc(N)o2)CCCCO1. The maximum absolute atomic E-state index is 5.79. The molecule has 1 saturated heterocycles. The lowest BCUT2D eigenvalue weighted by atomic mass is 9.92. The molecular weight excluding hydrogens is 196 g/mol. The van der Waals surface area contributed by atoms with E-state index < -0.39 is 5.60 Å². The molecule has 0 saturated carbocycles. The topological polar surface area (TPSA) is 70.5 Å². The third kappa shape index (κ3) is 1.98. The lowest BCUT2D eigenvalue weighted by Crippen LogP contribution is -2.37. The van der Waals surface area contributed by atoms with Gasteiger partial charge in [0.2, 0.25) is 0 Å². The first-order chi connectivity index (χ1) is 7.27. The Labute approximate surface area is 88.6 Å². The summed E-state index contributed by atoms with van der Waals surface area (Å²) in [5.41, 5.74) is 4.98. The predicted molar refractivity (Wildman–Crippen MR) is 54.3 cm³/mol. The summed E-state index contributed by atoms with van der Waals surface area (Å²) in [5, 5.41) is 0. The Balaban J connectivity index is 2.24. The zero-order valence-electron chi connectivity index (χ0n) is 8.86.